The van der Waals surface area contributed by atoms with Crippen molar-refractivity contribution in [2.45, 2.75) is 20.3 Å². The van der Waals surface area contributed by atoms with E-state index in [-0.39, 0.29) is 0 Å². The van der Waals surface area contributed by atoms with E-state index in [1.807, 2.05) is 0 Å². The molecule has 0 aliphatic rings. The molecule has 0 aliphatic heterocycles. The molecule has 0 N–H and O–H groups in total. The third kappa shape index (κ3) is 7.38. The molecule has 0 saturated carbocycles. The van der Waals surface area contributed by atoms with Crippen molar-refractivity contribution in [3.63, 3.8) is 0 Å². The van der Waals surface area contributed by atoms with E-state index in [0.717, 1.165) is 19.0 Å². The Kier molecular flexibility index (Phi) is 6.53. The van der Waals surface area contributed by atoms with E-state index in [9.17, 15) is 0 Å². The van der Waals surface area contributed by atoms with E-state index >= 15 is 0 Å². The highest BCUT2D eigenvalue weighted by Gasteiger charge is 1.98. The Hall–Kier alpha value is -0.730. The molecule has 0 unspecified atom stereocenters. The Bertz CT molecular complexity index is 149. The molecule has 0 aromatic rings. The minimum Gasteiger partial charge on any atom is -0.306 e. The van der Waals surface area contributed by atoms with Crippen molar-refractivity contribution in [1.29, 1.82) is 0 Å². The molecule has 0 rings (SSSR count). The predicted octanol–water partition coefficient (Wildman–Crippen LogP) is 2.27. The van der Waals surface area contributed by atoms with Gasteiger partial charge in [0.2, 0.25) is 0 Å². The molecule has 12 heavy (non-hydrogen) atoms. The van der Waals surface area contributed by atoms with Crippen molar-refractivity contribution in [2.75, 3.05) is 26.7 Å². The summed E-state index contributed by atoms with van der Waals surface area (Å²) < 4.78 is 0. The number of nitrogens with zero attached hydrogens (tertiary/aromatic N) is 4. The molecular formula is C8H18N4. The van der Waals surface area contributed by atoms with Gasteiger partial charge in [-0.15, -0.1) is 0 Å². The van der Waals surface area contributed by atoms with Crippen LogP contribution in [0.3, 0.4) is 0 Å². The van der Waals surface area contributed by atoms with Crippen molar-refractivity contribution in [3.05, 3.63) is 10.4 Å². The predicted molar refractivity (Wildman–Crippen MR) is 51.0 cm³/mol. The van der Waals surface area contributed by atoms with Gasteiger partial charge in [-0.25, -0.2) is 0 Å². The van der Waals surface area contributed by atoms with Crippen LogP contribution in [0.2, 0.25) is 0 Å². The summed E-state index contributed by atoms with van der Waals surface area (Å²) in [7, 11) is 2.05. The monoisotopic (exact) mass is 170 g/mol. The summed E-state index contributed by atoms with van der Waals surface area (Å²) >= 11 is 0. The topological polar surface area (TPSA) is 52.0 Å². The summed E-state index contributed by atoms with van der Waals surface area (Å²) in [5, 5.41) is 3.48. The standard InChI is InChI=1S/C8H18N4/c1-8(2)4-6-12(3)7-5-10-11-9/h8H,4-7H2,1-3H3. The largest absolute Gasteiger partial charge is 0.306 e. The van der Waals surface area contributed by atoms with Crippen molar-refractivity contribution >= 4 is 0 Å². The second-order valence-electron chi connectivity index (χ2n) is 3.44. The fraction of sp³-hybridized carbons (Fsp3) is 1.00. The van der Waals surface area contributed by atoms with Crippen molar-refractivity contribution < 1.29 is 0 Å². The van der Waals surface area contributed by atoms with Crippen LogP contribution in [0.5, 0.6) is 0 Å². The molecule has 0 amide bonds. The van der Waals surface area contributed by atoms with Crippen LogP contribution in [0.25, 0.3) is 10.4 Å². The Balaban J connectivity index is 3.32. The lowest BCUT2D eigenvalue weighted by molar-refractivity contribution is 0.318. The lowest BCUT2D eigenvalue weighted by Crippen LogP contribution is -2.23. The first-order chi connectivity index (χ1) is 5.66. The van der Waals surface area contributed by atoms with Gasteiger partial charge >= 0.3 is 0 Å². The third-order valence-electron chi connectivity index (χ3n) is 1.73. The maximum Gasteiger partial charge on any atom is 0.0385 e. The summed E-state index contributed by atoms with van der Waals surface area (Å²) in [6.07, 6.45) is 1.20. The summed E-state index contributed by atoms with van der Waals surface area (Å²) in [5.74, 6) is 0.743. The van der Waals surface area contributed by atoms with Crippen LogP contribution in [-0.2, 0) is 0 Å². The number of hydrogen-bond donors (Lipinski definition) is 0. The van der Waals surface area contributed by atoms with Gasteiger partial charge in [0.15, 0.2) is 0 Å². The van der Waals surface area contributed by atoms with E-state index < -0.39 is 0 Å². The Morgan fingerprint density at radius 1 is 1.42 bits per heavy atom. The first-order valence-electron chi connectivity index (χ1n) is 4.36. The number of rotatable bonds is 6. The highest BCUT2D eigenvalue weighted by molar-refractivity contribution is 4.56. The number of hydrogen-bond acceptors (Lipinski definition) is 2. The normalized spacial score (nSPS) is 10.4. The van der Waals surface area contributed by atoms with E-state index in [1.165, 1.54) is 6.42 Å². The van der Waals surface area contributed by atoms with Crippen LogP contribution < -0.4 is 0 Å². The molecule has 4 heteroatoms. The first-order valence-corrected chi connectivity index (χ1v) is 4.36. The second-order valence-corrected chi connectivity index (χ2v) is 3.44. The molecule has 70 valence electrons. The molecule has 0 spiro atoms. The lowest BCUT2D eigenvalue weighted by atomic mass is 10.1. The molecule has 0 aliphatic carbocycles. The van der Waals surface area contributed by atoms with Crippen LogP contribution in [0.15, 0.2) is 5.11 Å². The fourth-order valence-electron chi connectivity index (χ4n) is 0.851. The van der Waals surface area contributed by atoms with Gasteiger partial charge in [-0.05, 0) is 31.5 Å². The van der Waals surface area contributed by atoms with Crippen molar-refractivity contribution in [3.8, 4) is 0 Å². The summed E-state index contributed by atoms with van der Waals surface area (Å²) in [5.41, 5.74) is 8.04. The van der Waals surface area contributed by atoms with E-state index in [1.54, 1.807) is 0 Å². The van der Waals surface area contributed by atoms with Crippen LogP contribution in [0, 0.1) is 5.92 Å². The van der Waals surface area contributed by atoms with Crippen molar-refractivity contribution in [1.82, 2.24) is 4.90 Å². The van der Waals surface area contributed by atoms with Crippen LogP contribution in [-0.4, -0.2) is 31.6 Å². The van der Waals surface area contributed by atoms with Crippen LogP contribution >= 0.6 is 0 Å². The minimum absolute atomic E-state index is 0.574. The summed E-state index contributed by atoms with van der Waals surface area (Å²) in [6, 6.07) is 0. The van der Waals surface area contributed by atoms with Crippen LogP contribution in [0.1, 0.15) is 20.3 Å². The minimum atomic E-state index is 0.574. The molecule has 0 heterocycles. The molecule has 0 saturated heterocycles. The Morgan fingerprint density at radius 3 is 2.58 bits per heavy atom. The second kappa shape index (κ2) is 6.95. The zero-order chi connectivity index (χ0) is 9.40. The average molecular weight is 170 g/mol. The zero-order valence-electron chi connectivity index (χ0n) is 8.19. The van der Waals surface area contributed by atoms with Gasteiger partial charge in [-0.1, -0.05) is 19.0 Å². The van der Waals surface area contributed by atoms with Gasteiger partial charge in [-0.2, -0.15) is 0 Å². The Labute approximate surface area is 74.2 Å². The van der Waals surface area contributed by atoms with Gasteiger partial charge in [0, 0.05) is 18.0 Å². The van der Waals surface area contributed by atoms with Crippen molar-refractivity contribution in [2.24, 2.45) is 11.0 Å². The maximum absolute atomic E-state index is 8.04. The number of likely N-dealkylation sites (N-methyl/N-ethyl adjacent to an activating group) is 1. The zero-order valence-corrected chi connectivity index (χ0v) is 8.19. The summed E-state index contributed by atoms with van der Waals surface area (Å²) in [6.45, 7) is 6.93. The fourth-order valence-corrected chi connectivity index (χ4v) is 0.851. The highest BCUT2D eigenvalue weighted by Crippen LogP contribution is 1.99. The van der Waals surface area contributed by atoms with Gasteiger partial charge in [0.25, 0.3) is 0 Å². The van der Waals surface area contributed by atoms with Crippen LogP contribution in [0.4, 0.5) is 0 Å². The molecule has 0 fully saturated rings. The molecule has 0 radical (unpaired) electrons. The lowest BCUT2D eigenvalue weighted by Gasteiger charge is -2.15. The third-order valence-corrected chi connectivity index (χ3v) is 1.73. The first kappa shape index (κ1) is 11.3. The maximum atomic E-state index is 8.04. The molecule has 0 aromatic heterocycles. The van der Waals surface area contributed by atoms with Gasteiger partial charge in [0.1, 0.15) is 0 Å². The highest BCUT2D eigenvalue weighted by atomic mass is 15.2. The van der Waals surface area contributed by atoms with Gasteiger partial charge in [-0.3, -0.25) is 0 Å². The Morgan fingerprint density at radius 2 is 2.08 bits per heavy atom. The molecule has 0 aromatic carbocycles. The van der Waals surface area contributed by atoms with E-state index in [2.05, 4.69) is 35.8 Å². The molecule has 0 atom stereocenters. The number of azide groups is 1. The molecular weight excluding hydrogens is 152 g/mol. The summed E-state index contributed by atoms with van der Waals surface area (Å²) in [4.78, 5) is 4.89. The smallest absolute Gasteiger partial charge is 0.0385 e. The molecule has 0 bridgehead atoms. The SMILES string of the molecule is CC(C)CCN(C)CCN=[N+]=[N-]. The molecule has 4 nitrogen and oxygen atoms in total. The van der Waals surface area contributed by atoms with E-state index in [0.29, 0.717) is 6.54 Å². The van der Waals surface area contributed by atoms with Gasteiger partial charge < -0.3 is 4.90 Å². The van der Waals surface area contributed by atoms with Gasteiger partial charge in [0.05, 0.1) is 0 Å². The van der Waals surface area contributed by atoms with E-state index in [4.69, 9.17) is 5.53 Å². The average Bonchev–Trinajstić information content (AvgIpc) is 2.01. The quantitative estimate of drug-likeness (QED) is 0.343.